The SMILES string of the molecule is CC/C=C(\C#N)c1ccc(C(C)CC)cc1. The topological polar surface area (TPSA) is 23.8 Å². The number of nitrogens with zero attached hydrogens (tertiary/aromatic N) is 1. The quantitative estimate of drug-likeness (QED) is 0.675. The normalized spacial score (nSPS) is 13.2. The smallest absolute Gasteiger partial charge is 0.0994 e. The first kappa shape index (κ1) is 12.5. The predicted molar refractivity (Wildman–Crippen MR) is 69.0 cm³/mol. The minimum atomic E-state index is 0.592. The Kier molecular flexibility index (Phi) is 4.79. The minimum Gasteiger partial charge on any atom is -0.192 e. The van der Waals surface area contributed by atoms with Gasteiger partial charge in [0.2, 0.25) is 0 Å². The van der Waals surface area contributed by atoms with Gasteiger partial charge in [-0.25, -0.2) is 0 Å². The van der Waals surface area contributed by atoms with Gasteiger partial charge >= 0.3 is 0 Å². The second-order valence-corrected chi connectivity index (χ2v) is 4.07. The summed E-state index contributed by atoms with van der Waals surface area (Å²) in [6.07, 6.45) is 4.02. The molecule has 0 saturated heterocycles. The molecule has 0 N–H and O–H groups in total. The van der Waals surface area contributed by atoms with Crippen LogP contribution in [0.15, 0.2) is 30.3 Å². The first-order chi connectivity index (χ1) is 7.72. The lowest BCUT2D eigenvalue weighted by Gasteiger charge is -2.09. The Balaban J connectivity index is 2.95. The Morgan fingerprint density at radius 2 is 1.94 bits per heavy atom. The largest absolute Gasteiger partial charge is 0.192 e. The molecule has 0 aliphatic carbocycles. The van der Waals surface area contributed by atoms with E-state index in [1.165, 1.54) is 5.56 Å². The Hall–Kier alpha value is -1.55. The molecule has 0 saturated carbocycles. The van der Waals surface area contributed by atoms with Gasteiger partial charge < -0.3 is 0 Å². The molecule has 0 radical (unpaired) electrons. The summed E-state index contributed by atoms with van der Waals surface area (Å²) >= 11 is 0. The number of hydrogen-bond donors (Lipinski definition) is 0. The minimum absolute atomic E-state index is 0.592. The van der Waals surface area contributed by atoms with E-state index in [1.807, 2.05) is 25.1 Å². The van der Waals surface area contributed by atoms with Crippen molar-refractivity contribution in [1.29, 1.82) is 5.26 Å². The number of allylic oxidation sites excluding steroid dienone is 2. The molecule has 1 aromatic carbocycles. The van der Waals surface area contributed by atoms with Crippen LogP contribution in [0.1, 0.15) is 50.7 Å². The lowest BCUT2D eigenvalue weighted by molar-refractivity contribution is 0.733. The molecule has 1 aromatic rings. The average Bonchev–Trinajstić information content (AvgIpc) is 2.35. The van der Waals surface area contributed by atoms with Crippen LogP contribution in [0.5, 0.6) is 0 Å². The van der Waals surface area contributed by atoms with Gasteiger partial charge in [0, 0.05) is 0 Å². The van der Waals surface area contributed by atoms with Crippen LogP contribution in [0.25, 0.3) is 5.57 Å². The van der Waals surface area contributed by atoms with E-state index >= 15 is 0 Å². The number of nitriles is 1. The molecule has 1 unspecified atom stereocenters. The predicted octanol–water partition coefficient (Wildman–Crippen LogP) is 4.52. The second kappa shape index (κ2) is 6.12. The van der Waals surface area contributed by atoms with Crippen LogP contribution in [-0.4, -0.2) is 0 Å². The molecule has 0 amide bonds. The Bertz CT molecular complexity index is 392. The van der Waals surface area contributed by atoms with Gasteiger partial charge in [0.1, 0.15) is 0 Å². The molecular weight excluding hydrogens is 194 g/mol. The molecule has 0 aromatic heterocycles. The van der Waals surface area contributed by atoms with Crippen molar-refractivity contribution in [3.8, 4) is 6.07 Å². The molecule has 0 spiro atoms. The van der Waals surface area contributed by atoms with Gasteiger partial charge in [-0.1, -0.05) is 51.1 Å². The van der Waals surface area contributed by atoms with E-state index in [2.05, 4.69) is 32.0 Å². The summed E-state index contributed by atoms with van der Waals surface area (Å²) in [5, 5.41) is 9.02. The third-order valence-electron chi connectivity index (χ3n) is 2.93. The van der Waals surface area contributed by atoms with E-state index in [0.29, 0.717) is 5.92 Å². The van der Waals surface area contributed by atoms with Gasteiger partial charge in [-0.3, -0.25) is 0 Å². The van der Waals surface area contributed by atoms with E-state index in [1.54, 1.807) is 0 Å². The summed E-state index contributed by atoms with van der Waals surface area (Å²) in [7, 11) is 0. The van der Waals surface area contributed by atoms with Crippen LogP contribution in [0, 0.1) is 11.3 Å². The Morgan fingerprint density at radius 3 is 2.38 bits per heavy atom. The summed E-state index contributed by atoms with van der Waals surface area (Å²) < 4.78 is 0. The fraction of sp³-hybridized carbons (Fsp3) is 0.400. The maximum atomic E-state index is 9.02. The molecule has 1 atom stereocenters. The van der Waals surface area contributed by atoms with Crippen molar-refractivity contribution in [1.82, 2.24) is 0 Å². The molecule has 1 heteroatoms. The molecule has 0 fully saturated rings. The van der Waals surface area contributed by atoms with Crippen molar-refractivity contribution in [2.75, 3.05) is 0 Å². The molecule has 0 bridgehead atoms. The standard InChI is InChI=1S/C15H19N/c1-4-6-15(11-16)14-9-7-13(8-10-14)12(3)5-2/h6-10,12H,4-5H2,1-3H3/b15-6+. The van der Waals surface area contributed by atoms with Crippen molar-refractivity contribution in [2.24, 2.45) is 0 Å². The van der Waals surface area contributed by atoms with Gasteiger partial charge in [-0.15, -0.1) is 0 Å². The van der Waals surface area contributed by atoms with Crippen molar-refractivity contribution < 1.29 is 0 Å². The van der Waals surface area contributed by atoms with Crippen molar-refractivity contribution in [3.05, 3.63) is 41.5 Å². The van der Waals surface area contributed by atoms with Crippen LogP contribution in [-0.2, 0) is 0 Å². The van der Waals surface area contributed by atoms with Gasteiger partial charge in [0.15, 0.2) is 0 Å². The molecular formula is C15H19N. The molecule has 1 rings (SSSR count). The Morgan fingerprint density at radius 1 is 1.31 bits per heavy atom. The number of rotatable bonds is 4. The van der Waals surface area contributed by atoms with E-state index in [0.717, 1.165) is 24.0 Å². The molecule has 0 aliphatic heterocycles. The zero-order valence-corrected chi connectivity index (χ0v) is 10.3. The molecule has 0 heterocycles. The second-order valence-electron chi connectivity index (χ2n) is 4.07. The summed E-state index contributed by atoms with van der Waals surface area (Å²) in [6.45, 7) is 6.46. The first-order valence-corrected chi connectivity index (χ1v) is 5.93. The zero-order valence-electron chi connectivity index (χ0n) is 10.3. The van der Waals surface area contributed by atoms with E-state index in [9.17, 15) is 0 Å². The van der Waals surface area contributed by atoms with E-state index in [-0.39, 0.29) is 0 Å². The summed E-state index contributed by atoms with van der Waals surface area (Å²) in [5.41, 5.74) is 3.15. The summed E-state index contributed by atoms with van der Waals surface area (Å²) in [6, 6.07) is 10.6. The number of benzene rings is 1. The highest BCUT2D eigenvalue weighted by atomic mass is 14.2. The van der Waals surface area contributed by atoms with Crippen LogP contribution >= 0.6 is 0 Å². The van der Waals surface area contributed by atoms with E-state index in [4.69, 9.17) is 5.26 Å². The Labute approximate surface area is 98.4 Å². The zero-order chi connectivity index (χ0) is 12.0. The summed E-state index contributed by atoms with van der Waals surface area (Å²) in [4.78, 5) is 0. The average molecular weight is 213 g/mol. The van der Waals surface area contributed by atoms with Crippen LogP contribution in [0.4, 0.5) is 0 Å². The van der Waals surface area contributed by atoms with Gasteiger partial charge in [0.05, 0.1) is 11.6 Å². The lowest BCUT2D eigenvalue weighted by Crippen LogP contribution is -1.91. The third-order valence-corrected chi connectivity index (χ3v) is 2.93. The van der Waals surface area contributed by atoms with Gasteiger partial charge in [-0.05, 0) is 29.9 Å². The first-order valence-electron chi connectivity index (χ1n) is 5.93. The van der Waals surface area contributed by atoms with Crippen molar-refractivity contribution in [3.63, 3.8) is 0 Å². The summed E-state index contributed by atoms with van der Waals surface area (Å²) in [5.74, 6) is 0.592. The highest BCUT2D eigenvalue weighted by Gasteiger charge is 2.04. The van der Waals surface area contributed by atoms with Gasteiger partial charge in [-0.2, -0.15) is 5.26 Å². The molecule has 0 aliphatic rings. The van der Waals surface area contributed by atoms with Gasteiger partial charge in [0.25, 0.3) is 0 Å². The fourth-order valence-electron chi connectivity index (χ4n) is 1.66. The maximum Gasteiger partial charge on any atom is 0.0994 e. The molecule has 16 heavy (non-hydrogen) atoms. The van der Waals surface area contributed by atoms with E-state index < -0.39 is 0 Å². The third kappa shape index (κ3) is 2.97. The highest BCUT2D eigenvalue weighted by Crippen LogP contribution is 2.21. The van der Waals surface area contributed by atoms with Crippen LogP contribution < -0.4 is 0 Å². The molecule has 84 valence electrons. The monoisotopic (exact) mass is 213 g/mol. The van der Waals surface area contributed by atoms with Crippen LogP contribution in [0.2, 0.25) is 0 Å². The van der Waals surface area contributed by atoms with Crippen molar-refractivity contribution in [2.45, 2.75) is 39.5 Å². The lowest BCUT2D eigenvalue weighted by atomic mass is 9.96. The maximum absolute atomic E-state index is 9.02. The fourth-order valence-corrected chi connectivity index (χ4v) is 1.66. The highest BCUT2D eigenvalue weighted by molar-refractivity contribution is 5.76. The molecule has 1 nitrogen and oxygen atoms in total. The van der Waals surface area contributed by atoms with Crippen LogP contribution in [0.3, 0.4) is 0 Å². The van der Waals surface area contributed by atoms with Crippen molar-refractivity contribution >= 4 is 5.57 Å². The number of hydrogen-bond acceptors (Lipinski definition) is 1.